The predicted molar refractivity (Wildman–Crippen MR) is 84.8 cm³/mol. The molecule has 0 fully saturated rings. The molecule has 0 saturated heterocycles. The van der Waals surface area contributed by atoms with Crippen LogP contribution in [0.5, 0.6) is 11.5 Å². The summed E-state index contributed by atoms with van der Waals surface area (Å²) in [7, 11) is 0. The van der Waals surface area contributed by atoms with E-state index in [4.69, 9.17) is 16.3 Å². The van der Waals surface area contributed by atoms with Gasteiger partial charge in [-0.15, -0.1) is 0 Å². The molecule has 2 rings (SSSR count). The maximum Gasteiger partial charge on any atom is 0.132 e. The Labute approximate surface area is 129 Å². The minimum atomic E-state index is -0.269. The molecule has 0 bridgehead atoms. The maximum absolute atomic E-state index is 13.5. The highest BCUT2D eigenvalue weighted by Gasteiger charge is 2.13. The van der Waals surface area contributed by atoms with Gasteiger partial charge in [0.05, 0.1) is 0 Å². The van der Waals surface area contributed by atoms with Crippen molar-refractivity contribution in [2.24, 2.45) is 0 Å². The third-order valence-corrected chi connectivity index (χ3v) is 3.54. The number of rotatable bonds is 5. The Bertz CT molecular complexity index is 630. The maximum atomic E-state index is 13.5. The second-order valence-electron chi connectivity index (χ2n) is 4.97. The van der Waals surface area contributed by atoms with Gasteiger partial charge in [0.15, 0.2) is 0 Å². The number of nitrogens with one attached hydrogen (secondary N) is 1. The molecule has 2 aromatic rings. The first kappa shape index (κ1) is 15.8. The van der Waals surface area contributed by atoms with E-state index in [1.54, 1.807) is 12.1 Å². The van der Waals surface area contributed by atoms with Gasteiger partial charge in [-0.1, -0.05) is 18.5 Å². The Balaban J connectivity index is 2.34. The molecule has 0 radical (unpaired) electrons. The van der Waals surface area contributed by atoms with Gasteiger partial charge in [0.2, 0.25) is 0 Å². The zero-order chi connectivity index (χ0) is 15.4. The molecule has 0 spiro atoms. The summed E-state index contributed by atoms with van der Waals surface area (Å²) >= 11 is 5.95. The number of aryl methyl sites for hydroxylation is 1. The fraction of sp³-hybridized carbons (Fsp3) is 0.294. The van der Waals surface area contributed by atoms with Crippen LogP contribution in [-0.4, -0.2) is 6.54 Å². The molecular weight excluding hydrogens is 289 g/mol. The van der Waals surface area contributed by atoms with E-state index in [-0.39, 0.29) is 11.9 Å². The first-order chi connectivity index (χ1) is 10.0. The molecule has 1 N–H and O–H groups in total. The minimum Gasteiger partial charge on any atom is -0.457 e. The zero-order valence-corrected chi connectivity index (χ0v) is 13.2. The van der Waals surface area contributed by atoms with Crippen LogP contribution in [-0.2, 0) is 0 Å². The summed E-state index contributed by atoms with van der Waals surface area (Å²) in [5.41, 5.74) is 1.74. The van der Waals surface area contributed by atoms with Crippen molar-refractivity contribution >= 4 is 11.6 Å². The van der Waals surface area contributed by atoms with Gasteiger partial charge in [0.1, 0.15) is 17.3 Å². The van der Waals surface area contributed by atoms with Gasteiger partial charge in [-0.25, -0.2) is 4.39 Å². The van der Waals surface area contributed by atoms with Crippen LogP contribution >= 0.6 is 11.6 Å². The van der Waals surface area contributed by atoms with E-state index in [1.165, 1.54) is 12.1 Å². The summed E-state index contributed by atoms with van der Waals surface area (Å²) in [6.07, 6.45) is 0. The average Bonchev–Trinajstić information content (AvgIpc) is 2.43. The third kappa shape index (κ3) is 3.96. The van der Waals surface area contributed by atoms with Gasteiger partial charge < -0.3 is 10.1 Å². The molecule has 0 aliphatic heterocycles. The second kappa shape index (κ2) is 6.92. The summed E-state index contributed by atoms with van der Waals surface area (Å²) in [6.45, 7) is 6.73. The molecule has 1 unspecified atom stereocenters. The van der Waals surface area contributed by atoms with E-state index in [1.807, 2.05) is 32.9 Å². The van der Waals surface area contributed by atoms with Crippen molar-refractivity contribution in [1.29, 1.82) is 0 Å². The molecule has 0 amide bonds. The van der Waals surface area contributed by atoms with E-state index in [2.05, 4.69) is 5.32 Å². The van der Waals surface area contributed by atoms with Crippen molar-refractivity contribution in [3.63, 3.8) is 0 Å². The van der Waals surface area contributed by atoms with Gasteiger partial charge in [-0.3, -0.25) is 0 Å². The van der Waals surface area contributed by atoms with E-state index >= 15 is 0 Å². The highest BCUT2D eigenvalue weighted by atomic mass is 35.5. The Hall–Kier alpha value is -1.58. The Morgan fingerprint density at radius 2 is 1.90 bits per heavy atom. The molecule has 2 aromatic carbocycles. The number of hydrogen-bond donors (Lipinski definition) is 1. The monoisotopic (exact) mass is 307 g/mol. The molecule has 4 heteroatoms. The highest BCUT2D eigenvalue weighted by Crippen LogP contribution is 2.32. The summed E-state index contributed by atoms with van der Waals surface area (Å²) < 4.78 is 19.5. The lowest BCUT2D eigenvalue weighted by molar-refractivity contribution is 0.457. The SMILES string of the molecule is CCNC(C)c1cc(F)ccc1Oc1ccc(Cl)cc1C. The van der Waals surface area contributed by atoms with Crippen molar-refractivity contribution < 1.29 is 9.13 Å². The van der Waals surface area contributed by atoms with Crippen LogP contribution in [0.15, 0.2) is 36.4 Å². The largest absolute Gasteiger partial charge is 0.457 e. The zero-order valence-electron chi connectivity index (χ0n) is 12.4. The second-order valence-corrected chi connectivity index (χ2v) is 5.41. The molecular formula is C17H19ClFNO. The quantitative estimate of drug-likeness (QED) is 0.814. The Kier molecular flexibility index (Phi) is 5.21. The van der Waals surface area contributed by atoms with Crippen molar-refractivity contribution in [3.05, 3.63) is 58.4 Å². The van der Waals surface area contributed by atoms with E-state index in [9.17, 15) is 4.39 Å². The first-order valence-corrected chi connectivity index (χ1v) is 7.36. The highest BCUT2D eigenvalue weighted by molar-refractivity contribution is 6.30. The van der Waals surface area contributed by atoms with E-state index < -0.39 is 0 Å². The first-order valence-electron chi connectivity index (χ1n) is 6.98. The normalized spacial score (nSPS) is 12.2. The lowest BCUT2D eigenvalue weighted by Crippen LogP contribution is -2.18. The van der Waals surface area contributed by atoms with Crippen LogP contribution < -0.4 is 10.1 Å². The van der Waals surface area contributed by atoms with Crippen LogP contribution in [0.3, 0.4) is 0 Å². The summed E-state index contributed by atoms with van der Waals surface area (Å²) in [4.78, 5) is 0. The van der Waals surface area contributed by atoms with E-state index in [0.29, 0.717) is 10.8 Å². The number of benzene rings is 2. The topological polar surface area (TPSA) is 21.3 Å². The summed E-state index contributed by atoms with van der Waals surface area (Å²) in [5.74, 6) is 1.10. The molecule has 112 valence electrons. The summed E-state index contributed by atoms with van der Waals surface area (Å²) in [5, 5.41) is 3.94. The standard InChI is InChI=1S/C17H19ClFNO/c1-4-20-12(3)15-10-14(19)6-8-17(15)21-16-7-5-13(18)9-11(16)2/h5-10,12,20H,4H2,1-3H3. The van der Waals surface area contributed by atoms with Gasteiger partial charge >= 0.3 is 0 Å². The van der Waals surface area contributed by atoms with Gasteiger partial charge in [0, 0.05) is 16.6 Å². The Morgan fingerprint density at radius 1 is 1.19 bits per heavy atom. The lowest BCUT2D eigenvalue weighted by Gasteiger charge is -2.18. The van der Waals surface area contributed by atoms with Crippen LogP contribution in [0.25, 0.3) is 0 Å². The van der Waals surface area contributed by atoms with Crippen molar-refractivity contribution in [3.8, 4) is 11.5 Å². The molecule has 1 atom stereocenters. The Morgan fingerprint density at radius 3 is 2.57 bits per heavy atom. The summed E-state index contributed by atoms with van der Waals surface area (Å²) in [6, 6.07) is 10.0. The number of hydrogen-bond acceptors (Lipinski definition) is 2. The molecule has 0 aliphatic carbocycles. The van der Waals surface area contributed by atoms with Crippen LogP contribution in [0.1, 0.15) is 31.0 Å². The number of ether oxygens (including phenoxy) is 1. The van der Waals surface area contributed by atoms with Crippen LogP contribution in [0.2, 0.25) is 5.02 Å². The third-order valence-electron chi connectivity index (χ3n) is 3.31. The van der Waals surface area contributed by atoms with E-state index in [0.717, 1.165) is 23.4 Å². The molecule has 0 heterocycles. The van der Waals surface area contributed by atoms with Crippen molar-refractivity contribution in [2.75, 3.05) is 6.54 Å². The van der Waals surface area contributed by atoms with Gasteiger partial charge in [0.25, 0.3) is 0 Å². The van der Waals surface area contributed by atoms with Crippen molar-refractivity contribution in [1.82, 2.24) is 5.32 Å². The van der Waals surface area contributed by atoms with Crippen molar-refractivity contribution in [2.45, 2.75) is 26.8 Å². The van der Waals surface area contributed by atoms with Crippen LogP contribution in [0, 0.1) is 12.7 Å². The fourth-order valence-electron chi connectivity index (χ4n) is 2.21. The smallest absolute Gasteiger partial charge is 0.132 e. The predicted octanol–water partition coefficient (Wildman–Crippen LogP) is 5.25. The molecule has 0 aromatic heterocycles. The molecule has 2 nitrogen and oxygen atoms in total. The van der Waals surface area contributed by atoms with Crippen LogP contribution in [0.4, 0.5) is 4.39 Å². The van der Waals surface area contributed by atoms with Gasteiger partial charge in [-0.05, 0) is 62.4 Å². The fourth-order valence-corrected chi connectivity index (χ4v) is 2.44. The number of halogens is 2. The molecule has 0 saturated carbocycles. The molecule has 21 heavy (non-hydrogen) atoms. The van der Waals surface area contributed by atoms with Gasteiger partial charge in [-0.2, -0.15) is 0 Å². The molecule has 0 aliphatic rings. The minimum absolute atomic E-state index is 0.00769. The average molecular weight is 308 g/mol. The lowest BCUT2D eigenvalue weighted by atomic mass is 10.1.